The molecule has 1 unspecified atom stereocenters. The standard InChI is InChI=1S/C24H20F3N5O.C2H4O2/c1-33-18-5-6-20(25)19(12-18)15-3-2-4-17(11-15)24(16-7-9-29-10-8-16)21-30-13-23(26,27)14-32(21)22(28)31-24;1-2(3)4/h2-12H,13-14H2,1H3,(H2,28,31);1H3,(H,3,4). The molecule has 0 spiro atoms. The first-order valence-corrected chi connectivity index (χ1v) is 11.2. The second kappa shape index (κ2) is 9.92. The first kappa shape index (κ1) is 25.7. The number of hydrogen-bond acceptors (Lipinski definition) is 7. The first-order valence-electron chi connectivity index (χ1n) is 11.2. The molecule has 1 aromatic heterocycles. The largest absolute Gasteiger partial charge is 0.497 e. The average molecular weight is 512 g/mol. The van der Waals surface area contributed by atoms with E-state index in [1.165, 1.54) is 24.1 Å². The Morgan fingerprint density at radius 3 is 2.49 bits per heavy atom. The van der Waals surface area contributed by atoms with Gasteiger partial charge in [-0.15, -0.1) is 0 Å². The molecule has 0 saturated carbocycles. The molecule has 2 aromatic carbocycles. The van der Waals surface area contributed by atoms with E-state index in [1.54, 1.807) is 54.9 Å². The van der Waals surface area contributed by atoms with Crippen LogP contribution in [0.2, 0.25) is 0 Å². The van der Waals surface area contributed by atoms with Gasteiger partial charge in [-0.3, -0.25) is 19.7 Å². The van der Waals surface area contributed by atoms with Gasteiger partial charge in [-0.25, -0.2) is 18.2 Å². The lowest BCUT2D eigenvalue weighted by molar-refractivity contribution is -0.134. The Hall–Kier alpha value is -4.41. The van der Waals surface area contributed by atoms with Crippen LogP contribution in [-0.4, -0.2) is 58.9 Å². The quantitative estimate of drug-likeness (QED) is 0.549. The summed E-state index contributed by atoms with van der Waals surface area (Å²) in [6.45, 7) is -0.198. The van der Waals surface area contributed by atoms with Gasteiger partial charge in [-0.05, 0) is 53.1 Å². The molecule has 3 heterocycles. The van der Waals surface area contributed by atoms with Gasteiger partial charge in [0.05, 0.1) is 13.7 Å². The smallest absolute Gasteiger partial charge is 0.300 e. The maximum atomic E-state index is 14.7. The predicted octanol–water partition coefficient (Wildman–Crippen LogP) is 3.91. The van der Waals surface area contributed by atoms with E-state index in [-0.39, 0.29) is 5.96 Å². The molecule has 192 valence electrons. The van der Waals surface area contributed by atoms with Gasteiger partial charge in [0.1, 0.15) is 23.9 Å². The minimum absolute atomic E-state index is 0.0529. The van der Waals surface area contributed by atoms with E-state index in [4.69, 9.17) is 20.4 Å². The zero-order valence-electron chi connectivity index (χ0n) is 20.0. The zero-order chi connectivity index (χ0) is 26.8. The Labute approximate surface area is 211 Å². The van der Waals surface area contributed by atoms with Crippen molar-refractivity contribution in [1.82, 2.24) is 9.88 Å². The van der Waals surface area contributed by atoms with Crippen LogP contribution in [-0.2, 0) is 10.3 Å². The van der Waals surface area contributed by atoms with Crippen LogP contribution in [0, 0.1) is 5.82 Å². The van der Waals surface area contributed by atoms with Gasteiger partial charge < -0.3 is 15.6 Å². The number of amidine groups is 1. The van der Waals surface area contributed by atoms with Crippen LogP contribution in [0.25, 0.3) is 11.1 Å². The number of aliphatic carboxylic acids is 1. The molecule has 2 aliphatic rings. The molecular formula is C26H24F3N5O3. The van der Waals surface area contributed by atoms with E-state index in [2.05, 4.69) is 15.0 Å². The number of hydrogen-bond donors (Lipinski definition) is 2. The van der Waals surface area contributed by atoms with E-state index >= 15 is 0 Å². The normalized spacial score (nSPS) is 19.6. The highest BCUT2D eigenvalue weighted by molar-refractivity contribution is 6.12. The molecule has 0 fully saturated rings. The zero-order valence-corrected chi connectivity index (χ0v) is 20.0. The van der Waals surface area contributed by atoms with Gasteiger partial charge in [-0.1, -0.05) is 18.2 Å². The van der Waals surface area contributed by atoms with E-state index in [0.29, 0.717) is 33.8 Å². The first-order chi connectivity index (χ1) is 17.6. The van der Waals surface area contributed by atoms with Crippen molar-refractivity contribution in [3.05, 3.63) is 83.9 Å². The van der Waals surface area contributed by atoms with Crippen molar-refractivity contribution in [2.45, 2.75) is 18.4 Å². The van der Waals surface area contributed by atoms with E-state index in [9.17, 15) is 13.2 Å². The summed E-state index contributed by atoms with van der Waals surface area (Å²) in [7, 11) is 1.51. The Kier molecular flexibility index (Phi) is 6.88. The van der Waals surface area contributed by atoms with Crippen LogP contribution in [0.3, 0.4) is 0 Å². The number of methoxy groups -OCH3 is 1. The van der Waals surface area contributed by atoms with Crippen molar-refractivity contribution >= 4 is 17.8 Å². The Morgan fingerprint density at radius 2 is 1.81 bits per heavy atom. The molecule has 3 aromatic rings. The molecular weight excluding hydrogens is 487 g/mol. The van der Waals surface area contributed by atoms with Crippen molar-refractivity contribution < 1.29 is 27.8 Å². The fraction of sp³-hybridized carbons (Fsp3) is 0.231. The summed E-state index contributed by atoms with van der Waals surface area (Å²) in [5, 5.41) is 7.42. The molecule has 1 atom stereocenters. The van der Waals surface area contributed by atoms with Gasteiger partial charge in [0.25, 0.3) is 11.9 Å². The molecule has 5 rings (SSSR count). The van der Waals surface area contributed by atoms with Crippen molar-refractivity contribution in [2.75, 3.05) is 20.2 Å². The maximum Gasteiger partial charge on any atom is 0.300 e. The molecule has 0 radical (unpaired) electrons. The van der Waals surface area contributed by atoms with Gasteiger partial charge in [-0.2, -0.15) is 0 Å². The molecule has 0 amide bonds. The summed E-state index contributed by atoms with van der Waals surface area (Å²) in [6, 6.07) is 15.1. The number of alkyl halides is 2. The van der Waals surface area contributed by atoms with Crippen LogP contribution in [0.4, 0.5) is 13.2 Å². The average Bonchev–Trinajstić information content (AvgIpc) is 3.16. The highest BCUT2D eigenvalue weighted by Gasteiger charge is 2.53. The number of halogens is 3. The minimum Gasteiger partial charge on any atom is -0.497 e. The molecule has 11 heteroatoms. The highest BCUT2D eigenvalue weighted by atomic mass is 19.3. The lowest BCUT2D eigenvalue weighted by atomic mass is 9.81. The number of nitrogens with zero attached hydrogens (tertiary/aromatic N) is 4. The second-order valence-electron chi connectivity index (χ2n) is 8.44. The van der Waals surface area contributed by atoms with Gasteiger partial charge in [0.15, 0.2) is 11.5 Å². The van der Waals surface area contributed by atoms with E-state index in [1.807, 2.05) is 0 Å². The number of nitrogens with two attached hydrogens (primary N) is 1. The third-order valence-corrected chi connectivity index (χ3v) is 5.85. The molecule has 37 heavy (non-hydrogen) atoms. The fourth-order valence-electron chi connectivity index (χ4n) is 4.32. The van der Waals surface area contributed by atoms with Crippen molar-refractivity contribution in [2.24, 2.45) is 15.7 Å². The van der Waals surface area contributed by atoms with Crippen LogP contribution in [0.5, 0.6) is 5.75 Å². The minimum atomic E-state index is -3.02. The molecule has 3 N–H and O–H groups in total. The van der Waals surface area contributed by atoms with E-state index in [0.717, 1.165) is 6.92 Å². The maximum absolute atomic E-state index is 14.7. The summed E-state index contributed by atoms with van der Waals surface area (Å²) < 4.78 is 48.3. The van der Waals surface area contributed by atoms with Gasteiger partial charge in [0.2, 0.25) is 0 Å². The Bertz CT molecular complexity index is 1380. The molecule has 0 bridgehead atoms. The van der Waals surface area contributed by atoms with E-state index < -0.39 is 36.3 Å². The highest BCUT2D eigenvalue weighted by Crippen LogP contribution is 2.43. The second-order valence-corrected chi connectivity index (χ2v) is 8.44. The van der Waals surface area contributed by atoms with Crippen molar-refractivity contribution in [3.8, 4) is 16.9 Å². The van der Waals surface area contributed by atoms with Crippen molar-refractivity contribution in [1.29, 1.82) is 0 Å². The third kappa shape index (κ3) is 4.97. The number of rotatable bonds is 4. The third-order valence-electron chi connectivity index (χ3n) is 5.85. The van der Waals surface area contributed by atoms with Gasteiger partial charge >= 0.3 is 0 Å². The number of carbonyl (C=O) groups is 1. The topological polar surface area (TPSA) is 113 Å². The predicted molar refractivity (Wildman–Crippen MR) is 132 cm³/mol. The molecule has 8 nitrogen and oxygen atoms in total. The lowest BCUT2D eigenvalue weighted by Crippen LogP contribution is -2.53. The van der Waals surface area contributed by atoms with Crippen LogP contribution >= 0.6 is 0 Å². The number of aromatic nitrogens is 1. The summed E-state index contributed by atoms with van der Waals surface area (Å²) in [4.78, 5) is 23.2. The summed E-state index contributed by atoms with van der Waals surface area (Å²) >= 11 is 0. The lowest BCUT2D eigenvalue weighted by Gasteiger charge is -2.35. The SMILES string of the molecule is CC(=O)O.COc1ccc(F)c(-c2cccc(C3(c4ccncc4)N=C(N)N4CC(F)(F)CN=C43)c2)c1. The number of benzene rings is 2. The number of carboxylic acid groups (broad SMARTS) is 1. The van der Waals surface area contributed by atoms with Gasteiger partial charge in [0, 0.05) is 24.9 Å². The number of carboxylic acids is 1. The van der Waals surface area contributed by atoms with Crippen LogP contribution in [0.1, 0.15) is 18.1 Å². The monoisotopic (exact) mass is 511 g/mol. The molecule has 2 aliphatic heterocycles. The summed E-state index contributed by atoms with van der Waals surface area (Å²) in [6.07, 6.45) is 3.18. The number of pyridine rings is 1. The fourth-order valence-corrected chi connectivity index (χ4v) is 4.32. The number of guanidine groups is 1. The van der Waals surface area contributed by atoms with Crippen LogP contribution < -0.4 is 10.5 Å². The number of aliphatic imine (C=N–C) groups is 2. The summed E-state index contributed by atoms with van der Waals surface area (Å²) in [5.41, 5.74) is 7.06. The van der Waals surface area contributed by atoms with Crippen molar-refractivity contribution in [3.63, 3.8) is 0 Å². The number of ether oxygens (including phenoxy) is 1. The van der Waals surface area contributed by atoms with Crippen LogP contribution in [0.15, 0.2) is 77.0 Å². The molecule has 0 aliphatic carbocycles. The molecule has 0 saturated heterocycles. The Morgan fingerprint density at radius 1 is 1.11 bits per heavy atom. The Balaban J connectivity index is 0.000000747. The number of fused-ring (bicyclic) bond motifs is 1. The summed E-state index contributed by atoms with van der Waals surface area (Å²) in [5.74, 6) is -3.52.